The zero-order valence-corrected chi connectivity index (χ0v) is 10.8. The molecule has 1 N–H and O–H groups in total. The molecule has 0 aliphatic heterocycles. The van der Waals surface area contributed by atoms with Gasteiger partial charge in [0.25, 0.3) is 0 Å². The van der Waals surface area contributed by atoms with E-state index in [4.69, 9.17) is 0 Å². The molecule has 0 saturated carbocycles. The van der Waals surface area contributed by atoms with Crippen molar-refractivity contribution in [1.29, 1.82) is 0 Å². The fourth-order valence-corrected chi connectivity index (χ4v) is 2.94. The van der Waals surface area contributed by atoms with Gasteiger partial charge in [-0.25, -0.2) is 8.42 Å². The van der Waals surface area contributed by atoms with Crippen molar-refractivity contribution < 1.29 is 13.5 Å². The lowest BCUT2D eigenvalue weighted by molar-refractivity contribution is 0.224. The second-order valence-electron chi connectivity index (χ2n) is 3.76. The van der Waals surface area contributed by atoms with Gasteiger partial charge in [0, 0.05) is 11.1 Å². The van der Waals surface area contributed by atoms with Gasteiger partial charge in [0.15, 0.2) is 9.84 Å². The van der Waals surface area contributed by atoms with Crippen LogP contribution in [-0.4, -0.2) is 19.8 Å². The van der Waals surface area contributed by atoms with E-state index in [-0.39, 0.29) is 4.90 Å². The molecule has 0 radical (unpaired) electrons. The lowest BCUT2D eigenvalue weighted by Gasteiger charge is -2.10. The van der Waals surface area contributed by atoms with Crippen LogP contribution in [0.4, 0.5) is 0 Å². The van der Waals surface area contributed by atoms with Crippen LogP contribution in [-0.2, 0) is 9.84 Å². The number of thiophene rings is 1. The van der Waals surface area contributed by atoms with Crippen LogP contribution in [0.1, 0.15) is 16.5 Å². The van der Waals surface area contributed by atoms with Gasteiger partial charge in [-0.05, 0) is 29.1 Å². The largest absolute Gasteiger partial charge is 0.383 e. The molecule has 1 unspecified atom stereocenters. The van der Waals surface area contributed by atoms with Crippen LogP contribution in [0.15, 0.2) is 46.7 Å². The van der Waals surface area contributed by atoms with E-state index in [2.05, 4.69) is 0 Å². The van der Waals surface area contributed by atoms with Gasteiger partial charge in [-0.1, -0.05) is 18.2 Å². The Bertz CT molecular complexity index is 600. The van der Waals surface area contributed by atoms with E-state index < -0.39 is 15.9 Å². The van der Waals surface area contributed by atoms with Gasteiger partial charge in [-0.2, -0.15) is 0 Å². The highest BCUT2D eigenvalue weighted by Gasteiger charge is 2.14. The van der Waals surface area contributed by atoms with E-state index >= 15 is 0 Å². The van der Waals surface area contributed by atoms with Gasteiger partial charge < -0.3 is 5.11 Å². The summed E-state index contributed by atoms with van der Waals surface area (Å²) in [5.74, 6) is 0. The van der Waals surface area contributed by atoms with Crippen molar-refractivity contribution in [2.75, 3.05) is 6.26 Å². The molecule has 3 nitrogen and oxygen atoms in total. The highest BCUT2D eigenvalue weighted by molar-refractivity contribution is 7.90. The molecule has 2 rings (SSSR count). The Morgan fingerprint density at radius 1 is 1.24 bits per heavy atom. The van der Waals surface area contributed by atoms with Crippen molar-refractivity contribution in [1.82, 2.24) is 0 Å². The van der Waals surface area contributed by atoms with Crippen molar-refractivity contribution in [3.63, 3.8) is 0 Å². The predicted molar refractivity (Wildman–Crippen MR) is 67.9 cm³/mol. The third-order valence-corrected chi connectivity index (χ3v) is 4.45. The summed E-state index contributed by atoms with van der Waals surface area (Å²) in [6, 6.07) is 10.1. The van der Waals surface area contributed by atoms with Crippen molar-refractivity contribution in [3.05, 3.63) is 52.2 Å². The minimum Gasteiger partial charge on any atom is -0.383 e. The molecule has 0 saturated heterocycles. The first-order valence-electron chi connectivity index (χ1n) is 5.00. The summed E-state index contributed by atoms with van der Waals surface area (Å²) in [7, 11) is -3.24. The van der Waals surface area contributed by atoms with E-state index in [1.54, 1.807) is 12.1 Å². The van der Waals surface area contributed by atoms with Crippen molar-refractivity contribution in [2.45, 2.75) is 11.0 Å². The molecule has 0 bridgehead atoms. The van der Waals surface area contributed by atoms with Gasteiger partial charge in [0.1, 0.15) is 6.10 Å². The molecule has 0 aliphatic carbocycles. The van der Waals surface area contributed by atoms with Crippen LogP contribution in [0.25, 0.3) is 0 Å². The Labute approximate surface area is 104 Å². The molecular formula is C12H12O3S2. The number of rotatable bonds is 3. The van der Waals surface area contributed by atoms with E-state index in [9.17, 15) is 13.5 Å². The summed E-state index contributed by atoms with van der Waals surface area (Å²) >= 11 is 1.44. The lowest BCUT2D eigenvalue weighted by Crippen LogP contribution is -2.01. The lowest BCUT2D eigenvalue weighted by atomic mass is 10.1. The molecule has 2 aromatic rings. The summed E-state index contributed by atoms with van der Waals surface area (Å²) in [4.78, 5) is 1.03. The number of benzene rings is 1. The monoisotopic (exact) mass is 268 g/mol. The Morgan fingerprint density at radius 2 is 2.00 bits per heavy atom. The SMILES string of the molecule is CS(=O)(=O)c1cccc(C(O)c2cccs2)c1. The topological polar surface area (TPSA) is 54.4 Å². The number of sulfone groups is 1. The Kier molecular flexibility index (Phi) is 3.33. The second kappa shape index (κ2) is 4.60. The molecular weight excluding hydrogens is 256 g/mol. The highest BCUT2D eigenvalue weighted by atomic mass is 32.2. The first kappa shape index (κ1) is 12.3. The molecule has 1 aromatic carbocycles. The van der Waals surface area contributed by atoms with Crippen molar-refractivity contribution in [3.8, 4) is 0 Å². The van der Waals surface area contributed by atoms with Crippen LogP contribution in [0, 0.1) is 0 Å². The smallest absolute Gasteiger partial charge is 0.175 e. The molecule has 17 heavy (non-hydrogen) atoms. The summed E-state index contributed by atoms with van der Waals surface area (Å²) in [5, 5.41) is 12.0. The van der Waals surface area contributed by atoms with Crippen LogP contribution in [0.3, 0.4) is 0 Å². The van der Waals surface area contributed by atoms with E-state index in [1.165, 1.54) is 23.5 Å². The zero-order valence-electron chi connectivity index (χ0n) is 9.20. The summed E-state index contributed by atoms with van der Waals surface area (Å²) < 4.78 is 22.8. The molecule has 0 aliphatic rings. The van der Waals surface area contributed by atoms with Gasteiger partial charge >= 0.3 is 0 Å². The first-order chi connectivity index (χ1) is 7.98. The highest BCUT2D eigenvalue weighted by Crippen LogP contribution is 2.27. The number of aliphatic hydroxyl groups is 1. The summed E-state index contributed by atoms with van der Waals surface area (Å²) in [6.07, 6.45) is 0.389. The number of hydrogen-bond acceptors (Lipinski definition) is 4. The Balaban J connectivity index is 2.41. The van der Waals surface area contributed by atoms with Crippen molar-refractivity contribution >= 4 is 21.2 Å². The number of aliphatic hydroxyl groups excluding tert-OH is 1. The van der Waals surface area contributed by atoms with Gasteiger partial charge in [0.2, 0.25) is 0 Å². The first-order valence-corrected chi connectivity index (χ1v) is 7.77. The molecule has 0 amide bonds. The summed E-state index contributed by atoms with van der Waals surface area (Å²) in [6.45, 7) is 0. The minimum atomic E-state index is -3.24. The fourth-order valence-electron chi connectivity index (χ4n) is 1.53. The molecule has 1 aromatic heterocycles. The van der Waals surface area contributed by atoms with Gasteiger partial charge in [-0.15, -0.1) is 11.3 Å². The molecule has 1 heterocycles. The third kappa shape index (κ3) is 2.74. The molecule has 0 spiro atoms. The fraction of sp³-hybridized carbons (Fsp3) is 0.167. The average molecular weight is 268 g/mol. The average Bonchev–Trinajstić information content (AvgIpc) is 2.80. The normalized spacial score (nSPS) is 13.5. The quantitative estimate of drug-likeness (QED) is 0.928. The predicted octanol–water partition coefficient (Wildman–Crippen LogP) is 2.23. The zero-order chi connectivity index (χ0) is 12.5. The maximum atomic E-state index is 11.4. The van der Waals surface area contributed by atoms with Gasteiger partial charge in [-0.3, -0.25) is 0 Å². The minimum absolute atomic E-state index is 0.227. The van der Waals surface area contributed by atoms with Crippen LogP contribution >= 0.6 is 11.3 Å². The maximum Gasteiger partial charge on any atom is 0.175 e. The Morgan fingerprint density at radius 3 is 2.59 bits per heavy atom. The molecule has 1 atom stereocenters. The van der Waals surface area contributed by atoms with Crippen LogP contribution in [0.5, 0.6) is 0 Å². The van der Waals surface area contributed by atoms with Crippen LogP contribution in [0.2, 0.25) is 0 Å². The van der Waals surface area contributed by atoms with Crippen molar-refractivity contribution in [2.24, 2.45) is 0 Å². The third-order valence-electron chi connectivity index (χ3n) is 2.41. The number of hydrogen-bond donors (Lipinski definition) is 1. The van der Waals surface area contributed by atoms with E-state index in [0.717, 1.165) is 11.1 Å². The molecule has 5 heteroatoms. The standard InChI is InChI=1S/C12H12O3S2/c1-17(14,15)10-5-2-4-9(8-10)12(13)11-6-3-7-16-11/h2-8,12-13H,1H3. The maximum absolute atomic E-state index is 11.4. The van der Waals surface area contributed by atoms with Crippen LogP contribution < -0.4 is 0 Å². The molecule has 90 valence electrons. The second-order valence-corrected chi connectivity index (χ2v) is 6.76. The summed E-state index contributed by atoms with van der Waals surface area (Å²) in [5.41, 5.74) is 0.593. The van der Waals surface area contributed by atoms with E-state index in [0.29, 0.717) is 5.56 Å². The Hall–Kier alpha value is -1.17. The van der Waals surface area contributed by atoms with Gasteiger partial charge in [0.05, 0.1) is 4.90 Å². The van der Waals surface area contributed by atoms with E-state index in [1.807, 2.05) is 17.5 Å². The molecule has 0 fully saturated rings.